The first-order valence-corrected chi connectivity index (χ1v) is 7.30. The van der Waals surface area contributed by atoms with Crippen LogP contribution in [0, 0.1) is 5.92 Å². The molecule has 1 aliphatic heterocycles. The normalized spacial score (nSPS) is 21.6. The Morgan fingerprint density at radius 2 is 2.06 bits per heavy atom. The van der Waals surface area contributed by atoms with Crippen LogP contribution in [-0.2, 0) is 14.9 Å². The average molecular weight is 266 g/mol. The molecule has 1 atom stereocenters. The largest absolute Gasteiger partial charge is 0.396 e. The number of hydrogen-bond acceptors (Lipinski definition) is 4. The van der Waals surface area contributed by atoms with Crippen LogP contribution in [0.5, 0.6) is 0 Å². The zero-order valence-electron chi connectivity index (χ0n) is 10.4. The van der Waals surface area contributed by atoms with Crippen molar-refractivity contribution in [3.05, 3.63) is 0 Å². The second kappa shape index (κ2) is 6.65. The highest BCUT2D eigenvalue weighted by molar-refractivity contribution is 7.87. The van der Waals surface area contributed by atoms with Gasteiger partial charge in [-0.05, 0) is 25.7 Å². The van der Waals surface area contributed by atoms with Gasteiger partial charge >= 0.3 is 0 Å². The molecule has 0 aromatic carbocycles. The molecule has 0 saturated carbocycles. The van der Waals surface area contributed by atoms with E-state index in [1.807, 2.05) is 0 Å². The van der Waals surface area contributed by atoms with Gasteiger partial charge in [-0.3, -0.25) is 0 Å². The Kier molecular flexibility index (Phi) is 5.81. The van der Waals surface area contributed by atoms with Crippen LogP contribution >= 0.6 is 0 Å². The third-order valence-electron chi connectivity index (χ3n) is 2.94. The molecule has 1 aliphatic rings. The number of ether oxygens (including phenoxy) is 1. The maximum atomic E-state index is 12.0. The van der Waals surface area contributed by atoms with Gasteiger partial charge in [0.15, 0.2) is 0 Å². The van der Waals surface area contributed by atoms with E-state index in [1.165, 1.54) is 11.4 Å². The van der Waals surface area contributed by atoms with Crippen LogP contribution in [0.4, 0.5) is 0 Å². The summed E-state index contributed by atoms with van der Waals surface area (Å²) in [4.78, 5) is 0. The molecule has 0 spiro atoms. The first-order valence-electron chi connectivity index (χ1n) is 5.86. The second-order valence-electron chi connectivity index (χ2n) is 4.50. The number of nitrogens with one attached hydrogen (secondary N) is 1. The zero-order valence-corrected chi connectivity index (χ0v) is 11.2. The molecule has 1 unspecified atom stereocenters. The Morgan fingerprint density at radius 1 is 1.47 bits per heavy atom. The first kappa shape index (κ1) is 14.8. The summed E-state index contributed by atoms with van der Waals surface area (Å²) in [6, 6.07) is -0.236. The molecule has 7 heteroatoms. The molecule has 0 amide bonds. The van der Waals surface area contributed by atoms with Gasteiger partial charge in [0.2, 0.25) is 0 Å². The molecular formula is C10H22N2O4S. The van der Waals surface area contributed by atoms with Crippen LogP contribution in [0.25, 0.3) is 0 Å². The number of methoxy groups -OCH3 is 1. The Labute approximate surface area is 103 Å². The number of rotatable bonds is 6. The molecule has 6 nitrogen and oxygen atoms in total. The third kappa shape index (κ3) is 4.51. The van der Waals surface area contributed by atoms with Crippen molar-refractivity contribution in [3.8, 4) is 0 Å². The Balaban J connectivity index is 2.48. The maximum absolute atomic E-state index is 12.0. The van der Waals surface area contributed by atoms with E-state index in [0.717, 1.165) is 12.8 Å². The van der Waals surface area contributed by atoms with Gasteiger partial charge in [0, 0.05) is 32.8 Å². The predicted molar refractivity (Wildman–Crippen MR) is 64.8 cm³/mol. The second-order valence-corrected chi connectivity index (χ2v) is 6.21. The molecule has 1 fully saturated rings. The summed E-state index contributed by atoms with van der Waals surface area (Å²) >= 11 is 0. The van der Waals surface area contributed by atoms with E-state index in [0.29, 0.717) is 19.7 Å². The van der Waals surface area contributed by atoms with Gasteiger partial charge in [0.05, 0.1) is 6.61 Å². The zero-order chi connectivity index (χ0) is 12.9. The highest BCUT2D eigenvalue weighted by Crippen LogP contribution is 2.18. The predicted octanol–water partition coefficient (Wildman–Crippen LogP) is -0.440. The fourth-order valence-corrected chi connectivity index (χ4v) is 3.36. The van der Waals surface area contributed by atoms with Gasteiger partial charge in [-0.2, -0.15) is 17.4 Å². The molecular weight excluding hydrogens is 244 g/mol. The minimum atomic E-state index is -3.41. The lowest BCUT2D eigenvalue weighted by molar-refractivity contribution is 0.165. The van der Waals surface area contributed by atoms with E-state index in [-0.39, 0.29) is 18.6 Å². The third-order valence-corrected chi connectivity index (χ3v) is 4.68. The number of piperidine rings is 1. The van der Waals surface area contributed by atoms with Crippen molar-refractivity contribution < 1.29 is 18.3 Å². The molecule has 0 bridgehead atoms. The summed E-state index contributed by atoms with van der Waals surface area (Å²) in [5.74, 6) is 0.234. The van der Waals surface area contributed by atoms with Gasteiger partial charge in [-0.25, -0.2) is 0 Å². The number of aliphatic hydroxyl groups is 1. The van der Waals surface area contributed by atoms with Gasteiger partial charge in [-0.1, -0.05) is 0 Å². The summed E-state index contributed by atoms with van der Waals surface area (Å²) in [6.45, 7) is 3.20. The van der Waals surface area contributed by atoms with Crippen LogP contribution in [0.1, 0.15) is 19.8 Å². The minimum absolute atomic E-state index is 0.140. The maximum Gasteiger partial charge on any atom is 0.279 e. The molecule has 1 saturated heterocycles. The Bertz CT molecular complexity index is 312. The summed E-state index contributed by atoms with van der Waals surface area (Å²) in [6.07, 6.45) is 1.44. The number of aliphatic hydroxyl groups excluding tert-OH is 1. The first-order chi connectivity index (χ1) is 7.99. The Hall–Kier alpha value is -0.210. The monoisotopic (exact) mass is 266 g/mol. The highest BCUT2D eigenvalue weighted by Gasteiger charge is 2.28. The van der Waals surface area contributed by atoms with Crippen LogP contribution in [0.3, 0.4) is 0 Å². The molecule has 0 aliphatic carbocycles. The average Bonchev–Trinajstić information content (AvgIpc) is 2.28. The molecule has 1 rings (SSSR count). The van der Waals surface area contributed by atoms with E-state index in [2.05, 4.69) is 4.72 Å². The molecule has 2 N–H and O–H groups in total. The summed E-state index contributed by atoms with van der Waals surface area (Å²) in [5, 5.41) is 9.00. The number of hydrogen-bond donors (Lipinski definition) is 2. The lowest BCUT2D eigenvalue weighted by Crippen LogP contribution is -2.48. The van der Waals surface area contributed by atoms with E-state index in [9.17, 15) is 8.42 Å². The van der Waals surface area contributed by atoms with Crippen molar-refractivity contribution in [1.29, 1.82) is 0 Å². The van der Waals surface area contributed by atoms with E-state index in [1.54, 1.807) is 6.92 Å². The fraction of sp³-hybridized carbons (Fsp3) is 1.00. The summed E-state index contributed by atoms with van der Waals surface area (Å²) in [5.41, 5.74) is 0. The topological polar surface area (TPSA) is 78.9 Å². The molecule has 17 heavy (non-hydrogen) atoms. The van der Waals surface area contributed by atoms with Crippen LogP contribution in [-0.4, -0.2) is 57.3 Å². The van der Waals surface area contributed by atoms with Gasteiger partial charge < -0.3 is 9.84 Å². The lowest BCUT2D eigenvalue weighted by Gasteiger charge is -2.31. The van der Waals surface area contributed by atoms with Crippen molar-refractivity contribution in [2.24, 2.45) is 5.92 Å². The quantitative estimate of drug-likeness (QED) is 0.683. The number of nitrogens with zero attached hydrogens (tertiary/aromatic N) is 1. The van der Waals surface area contributed by atoms with Gasteiger partial charge in [0.25, 0.3) is 10.2 Å². The van der Waals surface area contributed by atoms with E-state index >= 15 is 0 Å². The van der Waals surface area contributed by atoms with E-state index < -0.39 is 10.2 Å². The Morgan fingerprint density at radius 3 is 2.53 bits per heavy atom. The molecule has 1 heterocycles. The van der Waals surface area contributed by atoms with Crippen LogP contribution < -0.4 is 4.72 Å². The summed E-state index contributed by atoms with van der Waals surface area (Å²) in [7, 11) is -1.88. The summed E-state index contributed by atoms with van der Waals surface area (Å²) < 4.78 is 32.8. The fourth-order valence-electron chi connectivity index (χ4n) is 1.95. The van der Waals surface area contributed by atoms with Crippen molar-refractivity contribution in [2.45, 2.75) is 25.8 Å². The van der Waals surface area contributed by atoms with E-state index in [4.69, 9.17) is 9.84 Å². The van der Waals surface area contributed by atoms with Crippen LogP contribution in [0.15, 0.2) is 0 Å². The molecule has 0 aromatic rings. The van der Waals surface area contributed by atoms with Crippen molar-refractivity contribution in [3.63, 3.8) is 0 Å². The van der Waals surface area contributed by atoms with Crippen molar-refractivity contribution in [2.75, 3.05) is 33.4 Å². The lowest BCUT2D eigenvalue weighted by atomic mass is 10.00. The highest BCUT2D eigenvalue weighted by atomic mass is 32.2. The smallest absolute Gasteiger partial charge is 0.279 e. The SMILES string of the molecule is COCC(C)NS(=O)(=O)N1CCC(CO)CC1. The molecule has 102 valence electrons. The standard InChI is InChI=1S/C10H22N2O4S/c1-9(8-16-2)11-17(14,15)12-5-3-10(7-13)4-6-12/h9-11,13H,3-8H2,1-2H3. The molecule has 0 aromatic heterocycles. The van der Waals surface area contributed by atoms with Gasteiger partial charge in [0.1, 0.15) is 0 Å². The van der Waals surface area contributed by atoms with Gasteiger partial charge in [-0.15, -0.1) is 0 Å². The van der Waals surface area contributed by atoms with Crippen molar-refractivity contribution >= 4 is 10.2 Å². The van der Waals surface area contributed by atoms with Crippen molar-refractivity contribution in [1.82, 2.24) is 9.03 Å². The van der Waals surface area contributed by atoms with Crippen LogP contribution in [0.2, 0.25) is 0 Å². The minimum Gasteiger partial charge on any atom is -0.396 e. The molecule has 0 radical (unpaired) electrons.